The molecule has 0 radical (unpaired) electrons. The number of hydrogen-bond donors (Lipinski definition) is 1. The van der Waals surface area contributed by atoms with Crippen molar-refractivity contribution in [2.24, 2.45) is 0 Å². The fourth-order valence-electron chi connectivity index (χ4n) is 2.75. The lowest BCUT2D eigenvalue weighted by atomic mass is 9.90. The Morgan fingerprint density at radius 1 is 1.44 bits per heavy atom. The molecular formula is C13H16N2O. The molecule has 0 aromatic heterocycles. The van der Waals surface area contributed by atoms with E-state index in [1.54, 1.807) is 0 Å². The average Bonchev–Trinajstić information content (AvgIpc) is 2.29. The minimum atomic E-state index is 0.239. The van der Waals surface area contributed by atoms with Crippen molar-refractivity contribution in [3.8, 4) is 0 Å². The van der Waals surface area contributed by atoms with Crippen molar-refractivity contribution < 1.29 is 4.79 Å². The zero-order valence-electron chi connectivity index (χ0n) is 9.49. The second kappa shape index (κ2) is 3.59. The van der Waals surface area contributed by atoms with Gasteiger partial charge in [-0.05, 0) is 24.5 Å². The Morgan fingerprint density at radius 2 is 2.31 bits per heavy atom. The molecular weight excluding hydrogens is 200 g/mol. The highest BCUT2D eigenvalue weighted by atomic mass is 16.2. The molecule has 0 saturated carbocycles. The highest BCUT2D eigenvalue weighted by Crippen LogP contribution is 2.31. The third-order valence-corrected chi connectivity index (χ3v) is 3.59. The number of benzene rings is 1. The van der Waals surface area contributed by atoms with Gasteiger partial charge >= 0.3 is 0 Å². The van der Waals surface area contributed by atoms with Crippen molar-refractivity contribution in [1.29, 1.82) is 0 Å². The van der Waals surface area contributed by atoms with Crippen molar-refractivity contribution in [3.05, 3.63) is 34.9 Å². The number of carbonyl (C=O) groups excluding carboxylic acids is 1. The van der Waals surface area contributed by atoms with Gasteiger partial charge in [-0.25, -0.2) is 0 Å². The summed E-state index contributed by atoms with van der Waals surface area (Å²) in [5.41, 5.74) is 4.02. The molecule has 84 valence electrons. The normalized spacial score (nSPS) is 23.9. The van der Waals surface area contributed by atoms with E-state index in [0.717, 1.165) is 19.5 Å². The molecule has 2 aliphatic heterocycles. The Balaban J connectivity index is 2.04. The summed E-state index contributed by atoms with van der Waals surface area (Å²) in [7, 11) is 0. The molecule has 3 rings (SSSR count). The van der Waals surface area contributed by atoms with Crippen molar-refractivity contribution in [2.45, 2.75) is 19.4 Å². The second-order valence-corrected chi connectivity index (χ2v) is 4.69. The number of fused-ring (bicyclic) bond motifs is 3. The van der Waals surface area contributed by atoms with E-state index in [2.05, 4.69) is 30.4 Å². The third-order valence-electron chi connectivity index (χ3n) is 3.59. The average molecular weight is 216 g/mol. The summed E-state index contributed by atoms with van der Waals surface area (Å²) in [6.07, 6.45) is 0.998. The summed E-state index contributed by atoms with van der Waals surface area (Å²) in [6.45, 7) is 4.37. The van der Waals surface area contributed by atoms with Crippen LogP contribution < -0.4 is 5.32 Å². The van der Waals surface area contributed by atoms with E-state index < -0.39 is 0 Å². The number of carbonyl (C=O) groups is 1. The van der Waals surface area contributed by atoms with Crippen molar-refractivity contribution in [1.82, 2.24) is 10.2 Å². The lowest BCUT2D eigenvalue weighted by Gasteiger charge is -2.40. The molecule has 2 heterocycles. The Kier molecular flexibility index (Phi) is 2.21. The van der Waals surface area contributed by atoms with Gasteiger partial charge in [-0.2, -0.15) is 0 Å². The molecule has 1 atom stereocenters. The van der Waals surface area contributed by atoms with E-state index in [1.165, 1.54) is 16.7 Å². The minimum Gasteiger partial charge on any atom is -0.333 e. The number of aryl methyl sites for hydroxylation is 1. The van der Waals surface area contributed by atoms with Gasteiger partial charge < -0.3 is 10.2 Å². The van der Waals surface area contributed by atoms with Crippen LogP contribution in [0.4, 0.5) is 0 Å². The molecule has 1 aromatic rings. The zero-order chi connectivity index (χ0) is 11.1. The minimum absolute atomic E-state index is 0.239. The van der Waals surface area contributed by atoms with Crippen molar-refractivity contribution in [3.63, 3.8) is 0 Å². The summed E-state index contributed by atoms with van der Waals surface area (Å²) in [4.78, 5) is 13.8. The molecule has 1 fully saturated rings. The summed E-state index contributed by atoms with van der Waals surface area (Å²) < 4.78 is 0. The van der Waals surface area contributed by atoms with Crippen LogP contribution in [0.2, 0.25) is 0 Å². The lowest BCUT2D eigenvalue weighted by molar-refractivity contribution is -0.135. The molecule has 3 heteroatoms. The fraction of sp³-hybridized carbons (Fsp3) is 0.462. The molecule has 0 bridgehead atoms. The van der Waals surface area contributed by atoms with Crippen molar-refractivity contribution >= 4 is 5.91 Å². The summed E-state index contributed by atoms with van der Waals surface area (Å²) in [5.74, 6) is 0.239. The van der Waals surface area contributed by atoms with Crippen LogP contribution in [0, 0.1) is 6.92 Å². The van der Waals surface area contributed by atoms with E-state index in [9.17, 15) is 4.79 Å². The predicted molar refractivity (Wildman–Crippen MR) is 62.2 cm³/mol. The van der Waals surface area contributed by atoms with Crippen LogP contribution in [0.25, 0.3) is 0 Å². The first-order chi connectivity index (χ1) is 7.75. The largest absolute Gasteiger partial charge is 0.333 e. The van der Waals surface area contributed by atoms with E-state index in [-0.39, 0.29) is 11.9 Å². The number of amides is 1. The smallest absolute Gasteiger partial charge is 0.237 e. The van der Waals surface area contributed by atoms with Gasteiger partial charge in [0.15, 0.2) is 0 Å². The van der Waals surface area contributed by atoms with Gasteiger partial charge in [-0.3, -0.25) is 4.79 Å². The zero-order valence-corrected chi connectivity index (χ0v) is 9.49. The maximum absolute atomic E-state index is 11.8. The first-order valence-electron chi connectivity index (χ1n) is 5.85. The lowest BCUT2D eigenvalue weighted by Crippen LogP contribution is -2.52. The van der Waals surface area contributed by atoms with Crippen LogP contribution in [-0.4, -0.2) is 30.4 Å². The third kappa shape index (κ3) is 1.43. The van der Waals surface area contributed by atoms with Gasteiger partial charge in [0.05, 0.1) is 12.6 Å². The van der Waals surface area contributed by atoms with Crippen LogP contribution in [-0.2, 0) is 11.2 Å². The Bertz CT molecular complexity index is 442. The van der Waals surface area contributed by atoms with E-state index >= 15 is 0 Å². The fourth-order valence-corrected chi connectivity index (χ4v) is 2.75. The molecule has 1 N–H and O–H groups in total. The first-order valence-corrected chi connectivity index (χ1v) is 5.85. The maximum Gasteiger partial charge on any atom is 0.237 e. The summed E-state index contributed by atoms with van der Waals surface area (Å²) in [6, 6.07) is 6.85. The number of nitrogens with one attached hydrogen (secondary N) is 1. The number of hydrogen-bond acceptors (Lipinski definition) is 2. The highest BCUT2D eigenvalue weighted by molar-refractivity contribution is 5.80. The van der Waals surface area contributed by atoms with Crippen molar-refractivity contribution in [2.75, 3.05) is 19.6 Å². The number of rotatable bonds is 0. The van der Waals surface area contributed by atoms with E-state index in [0.29, 0.717) is 6.54 Å². The van der Waals surface area contributed by atoms with Crippen LogP contribution in [0.3, 0.4) is 0 Å². The molecule has 2 aliphatic rings. The second-order valence-electron chi connectivity index (χ2n) is 4.69. The van der Waals surface area contributed by atoms with Crippen LogP contribution >= 0.6 is 0 Å². The van der Waals surface area contributed by atoms with Crippen LogP contribution in [0.5, 0.6) is 0 Å². The van der Waals surface area contributed by atoms with Gasteiger partial charge in [0.1, 0.15) is 0 Å². The Morgan fingerprint density at radius 3 is 3.19 bits per heavy atom. The van der Waals surface area contributed by atoms with E-state index in [1.807, 2.05) is 4.90 Å². The van der Waals surface area contributed by atoms with Gasteiger partial charge in [0.25, 0.3) is 0 Å². The molecule has 3 nitrogen and oxygen atoms in total. The molecule has 16 heavy (non-hydrogen) atoms. The molecule has 0 unspecified atom stereocenters. The molecule has 1 saturated heterocycles. The van der Waals surface area contributed by atoms with Gasteiger partial charge in [-0.15, -0.1) is 0 Å². The number of piperazine rings is 1. The summed E-state index contributed by atoms with van der Waals surface area (Å²) >= 11 is 0. The van der Waals surface area contributed by atoms with Gasteiger partial charge in [0.2, 0.25) is 5.91 Å². The first kappa shape index (κ1) is 9.85. The highest BCUT2D eigenvalue weighted by Gasteiger charge is 2.33. The topological polar surface area (TPSA) is 32.3 Å². The SMILES string of the molecule is Cc1ccc2c(c1)[C@@H]1CNCC(=O)N1CC2. The van der Waals surface area contributed by atoms with Gasteiger partial charge in [-0.1, -0.05) is 23.8 Å². The molecule has 0 spiro atoms. The monoisotopic (exact) mass is 216 g/mol. The van der Waals surface area contributed by atoms with Crippen LogP contribution in [0.15, 0.2) is 18.2 Å². The predicted octanol–water partition coefficient (Wildman–Crippen LogP) is 1.02. The Labute approximate surface area is 95.4 Å². The van der Waals surface area contributed by atoms with Gasteiger partial charge in [0, 0.05) is 13.1 Å². The number of nitrogens with zero attached hydrogens (tertiary/aromatic N) is 1. The Hall–Kier alpha value is -1.35. The molecule has 0 aliphatic carbocycles. The summed E-state index contributed by atoms with van der Waals surface area (Å²) in [5, 5.41) is 3.20. The standard InChI is InChI=1S/C13H16N2O/c1-9-2-3-10-4-5-15-12(11(10)6-9)7-14-8-13(15)16/h2-3,6,12,14H,4-5,7-8H2,1H3/t12-/m0/s1. The maximum atomic E-state index is 11.8. The van der Waals surface area contributed by atoms with Crippen LogP contribution in [0.1, 0.15) is 22.7 Å². The quantitative estimate of drug-likeness (QED) is 0.702. The molecule has 1 amide bonds. The molecule has 1 aromatic carbocycles. The van der Waals surface area contributed by atoms with E-state index in [4.69, 9.17) is 0 Å².